The Kier molecular flexibility index (Phi) is 3.88. The van der Waals surface area contributed by atoms with Gasteiger partial charge in [-0.2, -0.15) is 0 Å². The van der Waals surface area contributed by atoms with Crippen LogP contribution in [0.5, 0.6) is 5.75 Å². The van der Waals surface area contributed by atoms with Gasteiger partial charge in [-0.3, -0.25) is 10.1 Å². The highest BCUT2D eigenvalue weighted by Crippen LogP contribution is 2.51. The molecule has 1 N–H and O–H groups in total. The normalized spacial score (nSPS) is 23.5. The van der Waals surface area contributed by atoms with Crippen molar-refractivity contribution < 1.29 is 9.66 Å². The third-order valence-electron chi connectivity index (χ3n) is 5.10. The monoisotopic (exact) mass is 356 g/mol. The number of hydrogen-bond acceptors (Lipinski definition) is 4. The SMILES string of the molecule is COc1ccc2c(c1)[C@H]1C=CC[C@H]1[C@@H](c1cc([N+](=O)[O-])ccc1Cl)N2. The molecule has 0 saturated carbocycles. The largest absolute Gasteiger partial charge is 0.497 e. The highest BCUT2D eigenvalue weighted by Gasteiger charge is 2.39. The lowest BCUT2D eigenvalue weighted by Crippen LogP contribution is -2.29. The van der Waals surface area contributed by atoms with E-state index in [2.05, 4.69) is 23.5 Å². The van der Waals surface area contributed by atoms with E-state index in [0.717, 1.165) is 23.4 Å². The average molecular weight is 357 g/mol. The van der Waals surface area contributed by atoms with Gasteiger partial charge in [0, 0.05) is 34.3 Å². The number of ether oxygens (including phenoxy) is 1. The predicted molar refractivity (Wildman–Crippen MR) is 97.5 cm³/mol. The van der Waals surface area contributed by atoms with Crippen LogP contribution in [0.1, 0.15) is 29.5 Å². The van der Waals surface area contributed by atoms with Gasteiger partial charge in [-0.05, 0) is 42.2 Å². The van der Waals surface area contributed by atoms with Crippen LogP contribution in [0.4, 0.5) is 11.4 Å². The number of hydrogen-bond donors (Lipinski definition) is 1. The average Bonchev–Trinajstić information content (AvgIpc) is 3.11. The van der Waals surface area contributed by atoms with Crippen molar-refractivity contribution in [2.24, 2.45) is 5.92 Å². The quantitative estimate of drug-likeness (QED) is 0.473. The Hall–Kier alpha value is -2.53. The van der Waals surface area contributed by atoms with Gasteiger partial charge in [0.05, 0.1) is 18.1 Å². The summed E-state index contributed by atoms with van der Waals surface area (Å²) in [6, 6.07) is 10.5. The van der Waals surface area contributed by atoms with Crippen LogP contribution in [-0.4, -0.2) is 12.0 Å². The molecule has 0 fully saturated rings. The highest BCUT2D eigenvalue weighted by molar-refractivity contribution is 6.31. The number of methoxy groups -OCH3 is 1. The van der Waals surface area contributed by atoms with Crippen LogP contribution in [0.3, 0.4) is 0 Å². The summed E-state index contributed by atoms with van der Waals surface area (Å²) in [5.41, 5.74) is 3.04. The molecule has 128 valence electrons. The van der Waals surface area contributed by atoms with E-state index in [1.165, 1.54) is 11.6 Å². The van der Waals surface area contributed by atoms with Crippen LogP contribution in [0.25, 0.3) is 0 Å². The van der Waals surface area contributed by atoms with Gasteiger partial charge in [-0.1, -0.05) is 23.8 Å². The van der Waals surface area contributed by atoms with Crippen molar-refractivity contribution in [1.29, 1.82) is 0 Å². The first kappa shape index (κ1) is 16.0. The first-order valence-corrected chi connectivity index (χ1v) is 8.51. The molecule has 1 heterocycles. The van der Waals surface area contributed by atoms with Crippen molar-refractivity contribution in [3.05, 3.63) is 74.8 Å². The van der Waals surface area contributed by atoms with Crippen LogP contribution < -0.4 is 10.1 Å². The van der Waals surface area contributed by atoms with Gasteiger partial charge >= 0.3 is 0 Å². The number of benzene rings is 2. The number of halogens is 1. The molecule has 2 aromatic carbocycles. The van der Waals surface area contributed by atoms with Crippen molar-refractivity contribution in [2.45, 2.75) is 18.4 Å². The van der Waals surface area contributed by atoms with Crippen molar-refractivity contribution in [3.8, 4) is 5.75 Å². The van der Waals surface area contributed by atoms with E-state index in [9.17, 15) is 10.1 Å². The number of nitrogens with zero attached hydrogens (tertiary/aromatic N) is 1. The summed E-state index contributed by atoms with van der Waals surface area (Å²) in [5, 5.41) is 15.2. The van der Waals surface area contributed by atoms with Gasteiger partial charge in [0.15, 0.2) is 0 Å². The number of allylic oxidation sites excluding steroid dienone is 2. The third-order valence-corrected chi connectivity index (χ3v) is 5.44. The number of rotatable bonds is 3. The van der Waals surface area contributed by atoms with Crippen molar-refractivity contribution >= 4 is 23.0 Å². The van der Waals surface area contributed by atoms with E-state index in [-0.39, 0.29) is 28.5 Å². The minimum absolute atomic E-state index is 0.0595. The molecule has 0 unspecified atom stereocenters. The summed E-state index contributed by atoms with van der Waals surface area (Å²) in [5.74, 6) is 1.33. The summed E-state index contributed by atoms with van der Waals surface area (Å²) in [4.78, 5) is 10.8. The molecule has 0 amide bonds. The maximum absolute atomic E-state index is 11.2. The van der Waals surface area contributed by atoms with Gasteiger partial charge in [-0.15, -0.1) is 0 Å². The minimum atomic E-state index is -0.383. The van der Waals surface area contributed by atoms with Gasteiger partial charge in [0.1, 0.15) is 5.75 Å². The molecule has 4 rings (SSSR count). The number of non-ortho nitro benzene ring substituents is 1. The van der Waals surface area contributed by atoms with E-state index in [4.69, 9.17) is 16.3 Å². The molecule has 0 bridgehead atoms. The van der Waals surface area contributed by atoms with Crippen LogP contribution in [0.15, 0.2) is 48.6 Å². The number of nitro benzene ring substituents is 1. The molecule has 6 heteroatoms. The summed E-state index contributed by atoms with van der Waals surface area (Å²) in [6.45, 7) is 0. The second-order valence-electron chi connectivity index (χ2n) is 6.39. The van der Waals surface area contributed by atoms with Crippen molar-refractivity contribution in [2.75, 3.05) is 12.4 Å². The Morgan fingerprint density at radius 2 is 2.08 bits per heavy atom. The number of nitro groups is 1. The molecular formula is C19H17ClN2O3. The predicted octanol–water partition coefficient (Wildman–Crippen LogP) is 5.08. The number of anilines is 1. The molecule has 1 aliphatic carbocycles. The Balaban J connectivity index is 1.80. The molecule has 2 aliphatic rings. The zero-order chi connectivity index (χ0) is 17.6. The number of nitrogens with one attached hydrogen (secondary N) is 1. The summed E-state index contributed by atoms with van der Waals surface area (Å²) in [6.07, 6.45) is 5.28. The molecule has 1 aliphatic heterocycles. The lowest BCUT2D eigenvalue weighted by Gasteiger charge is -2.37. The first-order valence-electron chi connectivity index (χ1n) is 8.13. The Morgan fingerprint density at radius 1 is 1.24 bits per heavy atom. The fraction of sp³-hybridized carbons (Fsp3) is 0.263. The Bertz CT molecular complexity index is 881. The van der Waals surface area contributed by atoms with E-state index < -0.39 is 0 Å². The molecule has 5 nitrogen and oxygen atoms in total. The lowest BCUT2D eigenvalue weighted by molar-refractivity contribution is -0.384. The summed E-state index contributed by atoms with van der Waals surface area (Å²) >= 11 is 6.40. The summed E-state index contributed by atoms with van der Waals surface area (Å²) in [7, 11) is 1.66. The van der Waals surface area contributed by atoms with Gasteiger partial charge in [0.2, 0.25) is 0 Å². The smallest absolute Gasteiger partial charge is 0.269 e. The van der Waals surface area contributed by atoms with Gasteiger partial charge in [-0.25, -0.2) is 0 Å². The van der Waals surface area contributed by atoms with Crippen molar-refractivity contribution in [3.63, 3.8) is 0 Å². The van der Waals surface area contributed by atoms with Gasteiger partial charge in [0.25, 0.3) is 5.69 Å². The lowest BCUT2D eigenvalue weighted by atomic mass is 9.77. The summed E-state index contributed by atoms with van der Waals surface area (Å²) < 4.78 is 5.35. The molecule has 0 spiro atoms. The molecular weight excluding hydrogens is 340 g/mol. The molecule has 0 saturated heterocycles. The maximum Gasteiger partial charge on any atom is 0.269 e. The van der Waals surface area contributed by atoms with E-state index in [0.29, 0.717) is 5.02 Å². The van der Waals surface area contributed by atoms with E-state index in [1.54, 1.807) is 19.2 Å². The maximum atomic E-state index is 11.2. The Morgan fingerprint density at radius 3 is 2.84 bits per heavy atom. The second kappa shape index (κ2) is 6.08. The molecule has 2 aromatic rings. The standard InChI is InChI=1S/C19H17ClN2O3/c1-25-12-6-8-18-15(10-12)13-3-2-4-14(13)19(21-18)16-9-11(22(23)24)5-7-17(16)20/h2-3,5-10,13-14,19,21H,4H2,1H3/t13-,14+,19-/m0/s1. The zero-order valence-electron chi connectivity index (χ0n) is 13.6. The minimum Gasteiger partial charge on any atom is -0.497 e. The van der Waals surface area contributed by atoms with Crippen LogP contribution >= 0.6 is 11.6 Å². The molecule has 3 atom stereocenters. The molecule has 25 heavy (non-hydrogen) atoms. The van der Waals surface area contributed by atoms with Crippen LogP contribution in [0.2, 0.25) is 5.02 Å². The Labute approximate surface area is 150 Å². The zero-order valence-corrected chi connectivity index (χ0v) is 14.4. The topological polar surface area (TPSA) is 64.4 Å². The molecule has 0 aromatic heterocycles. The van der Waals surface area contributed by atoms with E-state index in [1.807, 2.05) is 12.1 Å². The fourth-order valence-corrected chi connectivity index (χ4v) is 4.13. The first-order chi connectivity index (χ1) is 12.1. The van der Waals surface area contributed by atoms with Gasteiger partial charge < -0.3 is 10.1 Å². The van der Waals surface area contributed by atoms with E-state index >= 15 is 0 Å². The van der Waals surface area contributed by atoms with Crippen molar-refractivity contribution in [1.82, 2.24) is 0 Å². The molecule has 0 radical (unpaired) electrons. The van der Waals surface area contributed by atoms with Crippen LogP contribution in [0, 0.1) is 16.0 Å². The fourth-order valence-electron chi connectivity index (χ4n) is 3.89. The second-order valence-corrected chi connectivity index (χ2v) is 6.80. The third kappa shape index (κ3) is 2.65. The van der Waals surface area contributed by atoms with Crippen LogP contribution in [-0.2, 0) is 0 Å². The number of fused-ring (bicyclic) bond motifs is 3. The highest BCUT2D eigenvalue weighted by atomic mass is 35.5.